The Hall–Kier alpha value is -2.08. The molecule has 1 atom stereocenters. The minimum atomic E-state index is -0.136. The van der Waals surface area contributed by atoms with Gasteiger partial charge in [0.15, 0.2) is 0 Å². The van der Waals surface area contributed by atoms with Crippen LogP contribution in [0.25, 0.3) is 0 Å². The molecule has 1 fully saturated rings. The molecule has 1 aromatic carbocycles. The first kappa shape index (κ1) is 25.2. The Morgan fingerprint density at radius 3 is 2.52 bits per heavy atom. The SMILES string of the molecule is COCCNC(=O)c1cc(NC(=O)C[C@H](C)CC(C)(C)C)ccc1N1CCC(C)CC1. The lowest BCUT2D eigenvalue weighted by atomic mass is 9.84. The van der Waals surface area contributed by atoms with Crippen LogP contribution >= 0.6 is 0 Å². The van der Waals surface area contributed by atoms with Crippen LogP contribution in [-0.4, -0.2) is 45.2 Å². The molecule has 0 aliphatic carbocycles. The third-order valence-electron chi connectivity index (χ3n) is 5.74. The van der Waals surface area contributed by atoms with Gasteiger partial charge in [-0.05, 0) is 54.7 Å². The van der Waals surface area contributed by atoms with E-state index in [-0.39, 0.29) is 17.2 Å². The number of ether oxygens (including phenoxy) is 1. The summed E-state index contributed by atoms with van der Waals surface area (Å²) in [5.41, 5.74) is 2.40. The third kappa shape index (κ3) is 8.52. The Balaban J connectivity index is 2.14. The van der Waals surface area contributed by atoms with E-state index >= 15 is 0 Å². The molecule has 1 aliphatic heterocycles. The molecule has 1 heterocycles. The lowest BCUT2D eigenvalue weighted by Gasteiger charge is -2.33. The highest BCUT2D eigenvalue weighted by Crippen LogP contribution is 2.30. The highest BCUT2D eigenvalue weighted by atomic mass is 16.5. The maximum atomic E-state index is 12.9. The number of nitrogens with zero attached hydrogens (tertiary/aromatic N) is 1. The first-order valence-electron chi connectivity index (χ1n) is 11.5. The average molecular weight is 432 g/mol. The molecule has 0 saturated carbocycles. The number of benzene rings is 1. The molecule has 1 saturated heterocycles. The molecule has 6 nitrogen and oxygen atoms in total. The molecule has 2 amide bonds. The van der Waals surface area contributed by atoms with Crippen LogP contribution in [-0.2, 0) is 9.53 Å². The molecular weight excluding hydrogens is 390 g/mol. The van der Waals surface area contributed by atoms with Crippen molar-refractivity contribution in [2.75, 3.05) is 43.6 Å². The molecule has 6 heteroatoms. The van der Waals surface area contributed by atoms with Crippen LogP contribution in [0.15, 0.2) is 18.2 Å². The second-order valence-electron chi connectivity index (χ2n) is 10.3. The highest BCUT2D eigenvalue weighted by Gasteiger charge is 2.22. The zero-order valence-corrected chi connectivity index (χ0v) is 20.2. The van der Waals surface area contributed by atoms with Gasteiger partial charge < -0.3 is 20.3 Å². The lowest BCUT2D eigenvalue weighted by Crippen LogP contribution is -2.35. The van der Waals surface area contributed by atoms with E-state index in [2.05, 4.69) is 50.2 Å². The van der Waals surface area contributed by atoms with Gasteiger partial charge in [0.05, 0.1) is 12.2 Å². The van der Waals surface area contributed by atoms with E-state index in [0.717, 1.165) is 38.0 Å². The Morgan fingerprint density at radius 2 is 1.90 bits per heavy atom. The van der Waals surface area contributed by atoms with Crippen molar-refractivity contribution >= 4 is 23.2 Å². The minimum Gasteiger partial charge on any atom is -0.383 e. The molecule has 0 bridgehead atoms. The summed E-state index contributed by atoms with van der Waals surface area (Å²) in [4.78, 5) is 27.8. The number of amides is 2. The Morgan fingerprint density at radius 1 is 1.23 bits per heavy atom. The normalized spacial score (nSPS) is 16.1. The zero-order chi connectivity index (χ0) is 23.0. The monoisotopic (exact) mass is 431 g/mol. The van der Waals surface area contributed by atoms with Crippen molar-refractivity contribution in [1.29, 1.82) is 0 Å². The van der Waals surface area contributed by atoms with Gasteiger partial charge in [-0.15, -0.1) is 0 Å². The van der Waals surface area contributed by atoms with Gasteiger partial charge >= 0.3 is 0 Å². The van der Waals surface area contributed by atoms with Crippen molar-refractivity contribution in [3.8, 4) is 0 Å². The second kappa shape index (κ2) is 11.5. The molecule has 1 aromatic rings. The number of hydrogen-bond donors (Lipinski definition) is 2. The number of carbonyl (C=O) groups excluding carboxylic acids is 2. The van der Waals surface area contributed by atoms with Crippen molar-refractivity contribution in [3.63, 3.8) is 0 Å². The number of methoxy groups -OCH3 is 1. The number of hydrogen-bond acceptors (Lipinski definition) is 4. The fourth-order valence-corrected chi connectivity index (χ4v) is 4.33. The molecule has 174 valence electrons. The Kier molecular flexibility index (Phi) is 9.35. The first-order chi connectivity index (χ1) is 14.6. The molecule has 0 aromatic heterocycles. The van der Waals surface area contributed by atoms with Gasteiger partial charge in [-0.25, -0.2) is 0 Å². The van der Waals surface area contributed by atoms with E-state index in [1.807, 2.05) is 18.2 Å². The summed E-state index contributed by atoms with van der Waals surface area (Å²) in [6, 6.07) is 5.68. The molecule has 0 unspecified atom stereocenters. The van der Waals surface area contributed by atoms with Crippen LogP contribution in [0.2, 0.25) is 0 Å². The van der Waals surface area contributed by atoms with Crippen LogP contribution < -0.4 is 15.5 Å². The molecule has 31 heavy (non-hydrogen) atoms. The summed E-state index contributed by atoms with van der Waals surface area (Å²) in [5, 5.41) is 5.92. The summed E-state index contributed by atoms with van der Waals surface area (Å²) < 4.78 is 5.05. The second-order valence-corrected chi connectivity index (χ2v) is 10.3. The molecule has 0 radical (unpaired) electrons. The summed E-state index contributed by atoms with van der Waals surface area (Å²) in [6.45, 7) is 13.7. The maximum Gasteiger partial charge on any atom is 0.253 e. The number of piperidine rings is 1. The topological polar surface area (TPSA) is 70.7 Å². The minimum absolute atomic E-state index is 0.0120. The Labute approximate surface area is 188 Å². The van der Waals surface area contributed by atoms with Gasteiger partial charge in [0, 0.05) is 44.5 Å². The van der Waals surface area contributed by atoms with Gasteiger partial charge in [0.1, 0.15) is 0 Å². The number of rotatable bonds is 9. The number of anilines is 2. The summed E-state index contributed by atoms with van der Waals surface area (Å²) in [6.07, 6.45) is 3.70. The van der Waals surface area contributed by atoms with E-state index in [1.165, 1.54) is 0 Å². The van der Waals surface area contributed by atoms with Crippen LogP contribution in [0.1, 0.15) is 70.7 Å². The van der Waals surface area contributed by atoms with Gasteiger partial charge in [0.2, 0.25) is 5.91 Å². The predicted octanol–water partition coefficient (Wildman–Crippen LogP) is 4.70. The van der Waals surface area contributed by atoms with E-state index in [0.29, 0.717) is 42.7 Å². The van der Waals surface area contributed by atoms with Gasteiger partial charge in [-0.3, -0.25) is 9.59 Å². The van der Waals surface area contributed by atoms with Crippen LogP contribution in [0.4, 0.5) is 11.4 Å². The molecule has 2 rings (SSSR count). The fraction of sp³-hybridized carbons (Fsp3) is 0.680. The first-order valence-corrected chi connectivity index (χ1v) is 11.5. The fourth-order valence-electron chi connectivity index (χ4n) is 4.33. The van der Waals surface area contributed by atoms with Gasteiger partial charge in [0.25, 0.3) is 5.91 Å². The maximum absolute atomic E-state index is 12.9. The van der Waals surface area contributed by atoms with Crippen molar-refractivity contribution in [2.45, 2.75) is 60.3 Å². The van der Waals surface area contributed by atoms with Crippen molar-refractivity contribution < 1.29 is 14.3 Å². The van der Waals surface area contributed by atoms with E-state index in [4.69, 9.17) is 4.74 Å². The molecule has 0 spiro atoms. The summed E-state index contributed by atoms with van der Waals surface area (Å²) in [5.74, 6) is 0.861. The number of carbonyl (C=O) groups is 2. The standard InChI is InChI=1S/C25H41N3O3/c1-18-9-12-28(13-10-18)22-8-7-20(16-21(22)24(30)26-11-14-31-6)27-23(29)15-19(2)17-25(3,4)5/h7-8,16,18-19H,9-15,17H2,1-6H3,(H,26,30)(H,27,29)/t19-/m0/s1. The third-order valence-corrected chi connectivity index (χ3v) is 5.74. The molecule has 2 N–H and O–H groups in total. The van der Waals surface area contributed by atoms with Crippen LogP contribution in [0.5, 0.6) is 0 Å². The van der Waals surface area contributed by atoms with Crippen molar-refractivity contribution in [2.24, 2.45) is 17.3 Å². The Bertz CT molecular complexity index is 734. The summed E-state index contributed by atoms with van der Waals surface area (Å²) >= 11 is 0. The number of nitrogens with one attached hydrogen (secondary N) is 2. The van der Waals surface area contributed by atoms with Crippen LogP contribution in [0, 0.1) is 17.3 Å². The van der Waals surface area contributed by atoms with E-state index in [9.17, 15) is 9.59 Å². The predicted molar refractivity (Wildman–Crippen MR) is 128 cm³/mol. The largest absolute Gasteiger partial charge is 0.383 e. The van der Waals surface area contributed by atoms with E-state index < -0.39 is 0 Å². The molecule has 1 aliphatic rings. The van der Waals surface area contributed by atoms with Gasteiger partial charge in [-0.1, -0.05) is 34.6 Å². The zero-order valence-electron chi connectivity index (χ0n) is 20.2. The van der Waals surface area contributed by atoms with Crippen molar-refractivity contribution in [3.05, 3.63) is 23.8 Å². The average Bonchev–Trinajstić information content (AvgIpc) is 2.67. The van der Waals surface area contributed by atoms with Crippen LogP contribution in [0.3, 0.4) is 0 Å². The summed E-state index contributed by atoms with van der Waals surface area (Å²) in [7, 11) is 1.61. The quantitative estimate of drug-likeness (QED) is 0.556. The highest BCUT2D eigenvalue weighted by molar-refractivity contribution is 6.02. The smallest absolute Gasteiger partial charge is 0.253 e. The van der Waals surface area contributed by atoms with Crippen molar-refractivity contribution in [1.82, 2.24) is 5.32 Å². The molecular formula is C25H41N3O3. The lowest BCUT2D eigenvalue weighted by molar-refractivity contribution is -0.117. The van der Waals surface area contributed by atoms with Gasteiger partial charge in [-0.2, -0.15) is 0 Å². The van der Waals surface area contributed by atoms with E-state index in [1.54, 1.807) is 7.11 Å².